The van der Waals surface area contributed by atoms with Gasteiger partial charge in [0, 0.05) is 29.7 Å². The van der Waals surface area contributed by atoms with Gasteiger partial charge in [-0.15, -0.1) is 0 Å². The quantitative estimate of drug-likeness (QED) is 0.657. The van der Waals surface area contributed by atoms with Crippen LogP contribution < -0.4 is 20.5 Å². The van der Waals surface area contributed by atoms with Crippen LogP contribution in [0.3, 0.4) is 0 Å². The molecule has 3 N–H and O–H groups in total. The van der Waals surface area contributed by atoms with Crippen LogP contribution in [-0.2, 0) is 6.42 Å². The van der Waals surface area contributed by atoms with Gasteiger partial charge < -0.3 is 20.5 Å². The zero-order valence-electron chi connectivity index (χ0n) is 13.3. The third-order valence-corrected chi connectivity index (χ3v) is 4.01. The first-order valence-corrected chi connectivity index (χ1v) is 8.30. The van der Waals surface area contributed by atoms with Crippen molar-refractivity contribution in [2.75, 3.05) is 25.1 Å². The highest BCUT2D eigenvalue weighted by atomic mass is 35.5. The van der Waals surface area contributed by atoms with Gasteiger partial charge in [-0.05, 0) is 30.2 Å². The van der Waals surface area contributed by atoms with Crippen molar-refractivity contribution in [2.45, 2.75) is 12.8 Å². The molecule has 2 aromatic carbocycles. The third-order valence-electron chi connectivity index (χ3n) is 3.64. The summed E-state index contributed by atoms with van der Waals surface area (Å²) in [7, 11) is 0. The van der Waals surface area contributed by atoms with Gasteiger partial charge in [-0.3, -0.25) is 4.99 Å². The highest BCUT2D eigenvalue weighted by molar-refractivity contribution is 6.31. The summed E-state index contributed by atoms with van der Waals surface area (Å²) in [6, 6.07) is 13.4. The highest BCUT2D eigenvalue weighted by Gasteiger charge is 2.10. The van der Waals surface area contributed by atoms with E-state index in [-0.39, 0.29) is 0 Å². The number of nitrogens with two attached hydrogens (primary N) is 1. The highest BCUT2D eigenvalue weighted by Crippen LogP contribution is 2.32. The van der Waals surface area contributed by atoms with Gasteiger partial charge in [-0.2, -0.15) is 0 Å². The lowest BCUT2D eigenvalue weighted by atomic mass is 10.1. The van der Waals surface area contributed by atoms with E-state index in [4.69, 9.17) is 26.8 Å². The molecule has 3 rings (SSSR count). The lowest BCUT2D eigenvalue weighted by molar-refractivity contribution is 0.297. The summed E-state index contributed by atoms with van der Waals surface area (Å²) in [6.07, 6.45) is 1.62. The van der Waals surface area contributed by atoms with Crippen molar-refractivity contribution in [3.63, 3.8) is 0 Å². The molecule has 0 fully saturated rings. The van der Waals surface area contributed by atoms with Gasteiger partial charge >= 0.3 is 0 Å². The predicted molar refractivity (Wildman–Crippen MR) is 97.3 cm³/mol. The molecule has 24 heavy (non-hydrogen) atoms. The number of nitrogens with zero attached hydrogens (tertiary/aromatic N) is 1. The van der Waals surface area contributed by atoms with E-state index >= 15 is 0 Å². The average Bonchev–Trinajstić information content (AvgIpc) is 2.81. The van der Waals surface area contributed by atoms with Crippen molar-refractivity contribution in [3.05, 3.63) is 53.1 Å². The standard InChI is InChI=1S/C18H20ClN3O2/c19-15-5-2-1-4-13(15)8-9-21-18(20)22-14-6-7-16-17(12-14)24-11-3-10-23-16/h1-2,4-7,12H,3,8-11H2,(H3,20,21,22). The number of hydrogen-bond donors (Lipinski definition) is 2. The second-order valence-corrected chi connectivity index (χ2v) is 5.85. The van der Waals surface area contributed by atoms with Gasteiger partial charge in [0.25, 0.3) is 0 Å². The first-order chi connectivity index (χ1) is 11.7. The molecule has 0 amide bonds. The first-order valence-electron chi connectivity index (χ1n) is 7.92. The lowest BCUT2D eigenvalue weighted by Crippen LogP contribution is -2.23. The van der Waals surface area contributed by atoms with Crippen LogP contribution in [-0.4, -0.2) is 25.7 Å². The molecule has 0 unspecified atom stereocenters. The molecule has 0 bridgehead atoms. The molecule has 1 aliphatic heterocycles. The molecule has 0 spiro atoms. The van der Waals surface area contributed by atoms with E-state index < -0.39 is 0 Å². The maximum atomic E-state index is 6.13. The summed E-state index contributed by atoms with van der Waals surface area (Å²) in [5, 5.41) is 3.82. The van der Waals surface area contributed by atoms with Gasteiger partial charge in [-0.25, -0.2) is 0 Å². The average molecular weight is 346 g/mol. The second kappa shape index (κ2) is 7.93. The van der Waals surface area contributed by atoms with Gasteiger partial charge in [0.2, 0.25) is 0 Å². The fraction of sp³-hybridized carbons (Fsp3) is 0.278. The Kier molecular flexibility index (Phi) is 5.43. The van der Waals surface area contributed by atoms with Crippen LogP contribution in [0.5, 0.6) is 11.5 Å². The Bertz CT molecular complexity index is 734. The smallest absolute Gasteiger partial charge is 0.193 e. The molecule has 0 saturated carbocycles. The molecule has 0 radical (unpaired) electrons. The maximum Gasteiger partial charge on any atom is 0.193 e. The zero-order chi connectivity index (χ0) is 16.8. The summed E-state index contributed by atoms with van der Waals surface area (Å²) in [4.78, 5) is 4.34. The number of halogens is 1. The molecule has 1 aliphatic rings. The monoisotopic (exact) mass is 345 g/mol. The molecule has 126 valence electrons. The van der Waals surface area contributed by atoms with Crippen LogP contribution in [0, 0.1) is 0 Å². The van der Waals surface area contributed by atoms with Gasteiger partial charge in [0.1, 0.15) is 0 Å². The van der Waals surface area contributed by atoms with Crippen LogP contribution in [0.4, 0.5) is 5.69 Å². The van der Waals surface area contributed by atoms with Crippen LogP contribution in [0.2, 0.25) is 5.02 Å². The van der Waals surface area contributed by atoms with Crippen LogP contribution in [0.25, 0.3) is 0 Å². The molecule has 2 aromatic rings. The second-order valence-electron chi connectivity index (χ2n) is 5.45. The van der Waals surface area contributed by atoms with Crippen molar-refractivity contribution in [3.8, 4) is 11.5 Å². The van der Waals surface area contributed by atoms with E-state index in [1.807, 2.05) is 42.5 Å². The zero-order valence-corrected chi connectivity index (χ0v) is 14.1. The number of fused-ring (bicyclic) bond motifs is 1. The molecule has 0 atom stereocenters. The number of guanidine groups is 1. The Morgan fingerprint density at radius 2 is 1.92 bits per heavy atom. The molecular weight excluding hydrogens is 326 g/mol. The maximum absolute atomic E-state index is 6.13. The van der Waals surface area contributed by atoms with Crippen molar-refractivity contribution >= 4 is 23.2 Å². The fourth-order valence-electron chi connectivity index (χ4n) is 2.43. The number of aliphatic imine (C=N–C) groups is 1. The van der Waals surface area contributed by atoms with Crippen molar-refractivity contribution in [1.82, 2.24) is 0 Å². The summed E-state index contributed by atoms with van der Waals surface area (Å²) < 4.78 is 11.3. The van der Waals surface area contributed by atoms with Crippen molar-refractivity contribution in [2.24, 2.45) is 10.7 Å². The van der Waals surface area contributed by atoms with Crippen LogP contribution in [0.1, 0.15) is 12.0 Å². The molecule has 5 nitrogen and oxygen atoms in total. The SMILES string of the molecule is NC(=NCCc1ccccc1Cl)Nc1ccc2c(c1)OCCCO2. The lowest BCUT2D eigenvalue weighted by Gasteiger charge is -2.10. The van der Waals surface area contributed by atoms with Gasteiger partial charge in [-0.1, -0.05) is 29.8 Å². The first kappa shape index (κ1) is 16.5. The van der Waals surface area contributed by atoms with Gasteiger partial charge in [0.15, 0.2) is 17.5 Å². The Balaban J connectivity index is 1.59. The van der Waals surface area contributed by atoms with E-state index in [0.717, 1.165) is 40.6 Å². The molecule has 6 heteroatoms. The fourth-order valence-corrected chi connectivity index (χ4v) is 2.66. The van der Waals surface area contributed by atoms with Crippen molar-refractivity contribution in [1.29, 1.82) is 0 Å². The number of hydrogen-bond acceptors (Lipinski definition) is 3. The number of rotatable bonds is 4. The van der Waals surface area contributed by atoms with Crippen LogP contribution in [0.15, 0.2) is 47.5 Å². The Hall–Kier alpha value is -2.40. The predicted octanol–water partition coefficient (Wildman–Crippen LogP) is 3.47. The topological polar surface area (TPSA) is 68.9 Å². The van der Waals surface area contributed by atoms with E-state index in [9.17, 15) is 0 Å². The van der Waals surface area contributed by atoms with Crippen LogP contribution >= 0.6 is 11.6 Å². The molecular formula is C18H20ClN3O2. The minimum Gasteiger partial charge on any atom is -0.490 e. The molecule has 0 aliphatic carbocycles. The number of ether oxygens (including phenoxy) is 2. The number of anilines is 1. The normalized spacial score (nSPS) is 14.1. The van der Waals surface area contributed by atoms with E-state index in [1.165, 1.54) is 0 Å². The largest absolute Gasteiger partial charge is 0.490 e. The van der Waals surface area contributed by atoms with E-state index in [1.54, 1.807) is 0 Å². The Labute approximate surface area is 146 Å². The summed E-state index contributed by atoms with van der Waals surface area (Å²) in [6.45, 7) is 1.89. The summed E-state index contributed by atoms with van der Waals surface area (Å²) >= 11 is 6.13. The van der Waals surface area contributed by atoms with E-state index in [2.05, 4.69) is 10.3 Å². The Morgan fingerprint density at radius 1 is 1.12 bits per heavy atom. The number of nitrogens with one attached hydrogen (secondary N) is 1. The molecule has 0 aromatic heterocycles. The van der Waals surface area contributed by atoms with E-state index in [0.29, 0.717) is 25.7 Å². The number of benzene rings is 2. The van der Waals surface area contributed by atoms with Gasteiger partial charge in [0.05, 0.1) is 13.2 Å². The Morgan fingerprint density at radius 3 is 2.75 bits per heavy atom. The minimum absolute atomic E-state index is 0.358. The molecule has 1 heterocycles. The minimum atomic E-state index is 0.358. The van der Waals surface area contributed by atoms with Crippen molar-refractivity contribution < 1.29 is 9.47 Å². The third kappa shape index (κ3) is 4.32. The summed E-state index contributed by atoms with van der Waals surface area (Å²) in [5.74, 6) is 1.84. The summed E-state index contributed by atoms with van der Waals surface area (Å²) in [5.41, 5.74) is 7.83. The molecule has 0 saturated heterocycles.